The summed E-state index contributed by atoms with van der Waals surface area (Å²) in [4.78, 5) is 14.9. The third-order valence-corrected chi connectivity index (χ3v) is 3.52. The summed E-state index contributed by atoms with van der Waals surface area (Å²) in [6, 6.07) is 5.80. The van der Waals surface area contributed by atoms with Crippen molar-refractivity contribution in [1.29, 1.82) is 0 Å². The van der Waals surface area contributed by atoms with Crippen LogP contribution in [0.5, 0.6) is 0 Å². The minimum Gasteiger partial charge on any atom is -0.304 e. The van der Waals surface area contributed by atoms with Crippen molar-refractivity contribution >= 4 is 22.8 Å². The van der Waals surface area contributed by atoms with E-state index in [1.807, 2.05) is 19.2 Å². The lowest BCUT2D eigenvalue weighted by atomic mass is 10.2. The van der Waals surface area contributed by atoms with Gasteiger partial charge in [0.1, 0.15) is 5.82 Å². The molecule has 116 valence electrons. The van der Waals surface area contributed by atoms with Gasteiger partial charge in [-0.1, -0.05) is 43.8 Å². The average Bonchev–Trinajstić information content (AvgIpc) is 2.81. The smallest absolute Gasteiger partial charge is 0.304 e. The molecule has 0 radical (unpaired) electrons. The first-order chi connectivity index (χ1) is 9.88. The van der Waals surface area contributed by atoms with Crippen LogP contribution in [0.15, 0.2) is 29.3 Å². The molecule has 1 amide bonds. The molecule has 1 saturated heterocycles. The van der Waals surface area contributed by atoms with Gasteiger partial charge in [0, 0.05) is 5.56 Å². The number of amides is 1. The van der Waals surface area contributed by atoms with Gasteiger partial charge in [-0.25, -0.2) is 4.39 Å². The fraction of sp³-hybridized carbons (Fsp3) is 0.385. The van der Waals surface area contributed by atoms with Crippen LogP contribution in [0.4, 0.5) is 17.6 Å². The first-order valence-electron chi connectivity index (χ1n) is 6.20. The number of hydrogen-bond acceptors (Lipinski definition) is 3. The number of nitrogens with one attached hydrogen (secondary N) is 1. The van der Waals surface area contributed by atoms with Gasteiger partial charge in [-0.15, -0.1) is 0 Å². The van der Waals surface area contributed by atoms with Crippen molar-refractivity contribution in [2.75, 3.05) is 0 Å². The maximum atomic E-state index is 13.3. The summed E-state index contributed by atoms with van der Waals surface area (Å²) in [6.45, 7) is 3.87. The molecule has 1 fully saturated rings. The Morgan fingerprint density at radius 3 is 2.43 bits per heavy atom. The molecule has 1 unspecified atom stereocenters. The molecule has 0 saturated carbocycles. The maximum absolute atomic E-state index is 13.3. The number of aliphatic imine (C=N–C) groups is 1. The molecule has 8 heteroatoms. The number of amidine groups is 1. The summed E-state index contributed by atoms with van der Waals surface area (Å²) in [6.07, 6.45) is -4.62. The van der Waals surface area contributed by atoms with E-state index in [-0.39, 0.29) is 17.3 Å². The van der Waals surface area contributed by atoms with E-state index in [2.05, 4.69) is 4.99 Å². The average molecular weight is 322 g/mol. The molecule has 0 aliphatic carbocycles. The number of nitrogens with zero attached hydrogens (tertiary/aromatic N) is 1. The lowest BCUT2D eigenvalue weighted by Crippen LogP contribution is -2.34. The van der Waals surface area contributed by atoms with E-state index < -0.39 is 23.2 Å². The second kappa shape index (κ2) is 7.44. The van der Waals surface area contributed by atoms with E-state index in [1.165, 1.54) is 18.2 Å². The van der Waals surface area contributed by atoms with E-state index in [4.69, 9.17) is 0 Å². The Morgan fingerprint density at radius 2 is 1.90 bits per heavy atom. The zero-order chi connectivity index (χ0) is 16.0. The number of carbonyl (C=O) groups excluding carboxylic acids is 1. The van der Waals surface area contributed by atoms with Crippen molar-refractivity contribution < 1.29 is 22.4 Å². The first kappa shape index (κ1) is 17.5. The van der Waals surface area contributed by atoms with Crippen molar-refractivity contribution in [1.82, 2.24) is 5.32 Å². The van der Waals surface area contributed by atoms with Crippen LogP contribution in [0, 0.1) is 5.82 Å². The maximum Gasteiger partial charge on any atom is 0.409 e. The monoisotopic (exact) mass is 322 g/mol. The summed E-state index contributed by atoms with van der Waals surface area (Å²) in [5, 5.41) is -0.258. The highest BCUT2D eigenvalue weighted by atomic mass is 32.2. The van der Waals surface area contributed by atoms with Crippen molar-refractivity contribution in [3.05, 3.63) is 35.6 Å². The Balaban J connectivity index is 0.00000106. The third kappa shape index (κ3) is 4.73. The van der Waals surface area contributed by atoms with E-state index in [1.54, 1.807) is 6.07 Å². The molecule has 3 nitrogen and oxygen atoms in total. The highest BCUT2D eigenvalue weighted by molar-refractivity contribution is 8.15. The second-order valence-corrected chi connectivity index (χ2v) is 4.84. The van der Waals surface area contributed by atoms with Gasteiger partial charge in [0.15, 0.2) is 10.4 Å². The number of alkyl halides is 3. The summed E-state index contributed by atoms with van der Waals surface area (Å²) in [5.41, 5.74) is 0.250. The van der Waals surface area contributed by atoms with Gasteiger partial charge in [0.05, 0.1) is 6.54 Å². The molecule has 0 bridgehead atoms. The number of benzene rings is 1. The Bertz CT molecular complexity index is 531. The summed E-state index contributed by atoms with van der Waals surface area (Å²) < 4.78 is 50.5. The van der Waals surface area contributed by atoms with Crippen LogP contribution in [-0.2, 0) is 11.3 Å². The van der Waals surface area contributed by atoms with Gasteiger partial charge in [-0.2, -0.15) is 13.2 Å². The molecular formula is C13H14F4N2OS. The van der Waals surface area contributed by atoms with E-state index in [0.717, 1.165) is 0 Å². The van der Waals surface area contributed by atoms with Crippen LogP contribution in [0.3, 0.4) is 0 Å². The Hall–Kier alpha value is -1.57. The van der Waals surface area contributed by atoms with Gasteiger partial charge < -0.3 is 5.32 Å². The minimum atomic E-state index is -4.62. The Labute approximate surface area is 123 Å². The van der Waals surface area contributed by atoms with Gasteiger partial charge in [-0.05, 0) is 6.07 Å². The molecule has 1 aliphatic heterocycles. The fourth-order valence-corrected chi connectivity index (χ4v) is 2.26. The van der Waals surface area contributed by atoms with Crippen LogP contribution in [0.2, 0.25) is 0 Å². The predicted molar refractivity (Wildman–Crippen MR) is 74.5 cm³/mol. The van der Waals surface area contributed by atoms with Gasteiger partial charge in [-0.3, -0.25) is 9.79 Å². The largest absolute Gasteiger partial charge is 0.409 e. The van der Waals surface area contributed by atoms with Crippen molar-refractivity contribution in [3.8, 4) is 0 Å². The van der Waals surface area contributed by atoms with Crippen LogP contribution in [0.25, 0.3) is 0 Å². The standard InChI is InChI=1S/C11H8F4N2OS.C2H6/c12-7-4-2-1-3-6(7)5-16-10-17-9(18)8(19-10)11(13,14)15;1-2/h1-4,8H,5H2,(H,16,17,18);1-2H3. The number of hydrogen-bond donors (Lipinski definition) is 1. The summed E-state index contributed by atoms with van der Waals surface area (Å²) in [5.74, 6) is -1.64. The number of thioether (sulfide) groups is 1. The molecule has 1 aromatic rings. The van der Waals surface area contributed by atoms with Gasteiger partial charge in [0.2, 0.25) is 5.91 Å². The second-order valence-electron chi connectivity index (χ2n) is 3.74. The number of halogens is 4. The van der Waals surface area contributed by atoms with Crippen molar-refractivity contribution in [3.63, 3.8) is 0 Å². The molecule has 1 N–H and O–H groups in total. The van der Waals surface area contributed by atoms with E-state index >= 15 is 0 Å². The zero-order valence-corrected chi connectivity index (χ0v) is 12.2. The van der Waals surface area contributed by atoms with Crippen LogP contribution in [0.1, 0.15) is 19.4 Å². The minimum absolute atomic E-state index is 0.125. The van der Waals surface area contributed by atoms with Crippen LogP contribution >= 0.6 is 11.8 Å². The molecule has 1 aromatic carbocycles. The topological polar surface area (TPSA) is 41.5 Å². The highest BCUT2D eigenvalue weighted by Crippen LogP contribution is 2.34. The normalized spacial score (nSPS) is 20.0. The molecular weight excluding hydrogens is 308 g/mol. The number of carbonyl (C=O) groups is 1. The zero-order valence-electron chi connectivity index (χ0n) is 11.4. The molecule has 1 heterocycles. The number of rotatable bonds is 2. The predicted octanol–water partition coefficient (Wildman–Crippen LogP) is 3.50. The van der Waals surface area contributed by atoms with Crippen molar-refractivity contribution in [2.24, 2.45) is 4.99 Å². The molecule has 21 heavy (non-hydrogen) atoms. The third-order valence-electron chi connectivity index (χ3n) is 2.35. The fourth-order valence-electron chi connectivity index (χ4n) is 1.44. The highest BCUT2D eigenvalue weighted by Gasteiger charge is 2.50. The lowest BCUT2D eigenvalue weighted by molar-refractivity contribution is -0.148. The Kier molecular flexibility index (Phi) is 6.19. The van der Waals surface area contributed by atoms with Crippen LogP contribution in [-0.4, -0.2) is 22.5 Å². The SMILES string of the molecule is CC.O=C1NC(=NCc2ccccc2F)SC1C(F)(F)F. The molecule has 1 aliphatic rings. The van der Waals surface area contributed by atoms with Gasteiger partial charge >= 0.3 is 6.18 Å². The Morgan fingerprint density at radius 1 is 1.29 bits per heavy atom. The van der Waals surface area contributed by atoms with Crippen LogP contribution < -0.4 is 5.32 Å². The quantitative estimate of drug-likeness (QED) is 0.847. The summed E-state index contributed by atoms with van der Waals surface area (Å²) in [7, 11) is 0. The molecule has 0 spiro atoms. The molecule has 1 atom stereocenters. The van der Waals surface area contributed by atoms with Crippen molar-refractivity contribution in [2.45, 2.75) is 31.8 Å². The van der Waals surface area contributed by atoms with E-state index in [0.29, 0.717) is 11.8 Å². The lowest BCUT2D eigenvalue weighted by Gasteiger charge is -2.08. The van der Waals surface area contributed by atoms with Gasteiger partial charge in [0.25, 0.3) is 0 Å². The first-order valence-corrected chi connectivity index (χ1v) is 7.08. The molecule has 0 aromatic heterocycles. The van der Waals surface area contributed by atoms with E-state index in [9.17, 15) is 22.4 Å². The molecule has 2 rings (SSSR count). The summed E-state index contributed by atoms with van der Waals surface area (Å²) >= 11 is 0.293.